The van der Waals surface area contributed by atoms with Crippen LogP contribution in [-0.4, -0.2) is 35.5 Å². The van der Waals surface area contributed by atoms with Gasteiger partial charge in [0.05, 0.1) is 0 Å². The van der Waals surface area contributed by atoms with Crippen molar-refractivity contribution in [3.63, 3.8) is 0 Å². The number of carbonyl (C=O) groups is 1. The van der Waals surface area contributed by atoms with Crippen LogP contribution < -0.4 is 5.32 Å². The lowest BCUT2D eigenvalue weighted by Crippen LogP contribution is -2.40. The average molecular weight is 323 g/mol. The Balaban J connectivity index is 1.45. The van der Waals surface area contributed by atoms with Gasteiger partial charge in [-0.3, -0.25) is 4.98 Å². The van der Waals surface area contributed by atoms with Crippen molar-refractivity contribution in [3.05, 3.63) is 66.0 Å². The van der Waals surface area contributed by atoms with Gasteiger partial charge in [0, 0.05) is 32.0 Å². The molecule has 1 aromatic heterocycles. The van der Waals surface area contributed by atoms with Crippen molar-refractivity contribution in [2.24, 2.45) is 5.92 Å². The number of amides is 2. The number of pyridine rings is 1. The summed E-state index contributed by atoms with van der Waals surface area (Å²) >= 11 is 0. The molecule has 2 atom stereocenters. The molecular weight excluding hydrogens is 298 g/mol. The fourth-order valence-electron chi connectivity index (χ4n) is 3.29. The van der Waals surface area contributed by atoms with Gasteiger partial charge in [0.15, 0.2) is 0 Å². The number of aromatic nitrogens is 1. The van der Waals surface area contributed by atoms with Gasteiger partial charge in [0.2, 0.25) is 0 Å². The third kappa shape index (κ3) is 4.34. The van der Waals surface area contributed by atoms with Gasteiger partial charge in [-0.05, 0) is 41.9 Å². The zero-order chi connectivity index (χ0) is 16.8. The second-order valence-corrected chi connectivity index (χ2v) is 6.66. The Morgan fingerprint density at radius 2 is 2.12 bits per heavy atom. The minimum Gasteiger partial charge on any atom is -0.337 e. The summed E-state index contributed by atoms with van der Waals surface area (Å²) < 4.78 is 0. The summed E-state index contributed by atoms with van der Waals surface area (Å²) in [6.07, 6.45) is 5.78. The van der Waals surface area contributed by atoms with Crippen LogP contribution in [0.15, 0.2) is 54.9 Å². The Morgan fingerprint density at radius 3 is 2.88 bits per heavy atom. The molecule has 4 heteroatoms. The van der Waals surface area contributed by atoms with Crippen molar-refractivity contribution >= 4 is 6.03 Å². The van der Waals surface area contributed by atoms with Gasteiger partial charge in [-0.1, -0.05) is 43.3 Å². The number of likely N-dealkylation sites (tertiary alicyclic amines) is 1. The monoisotopic (exact) mass is 323 g/mol. The molecule has 3 rings (SSSR count). The lowest BCUT2D eigenvalue weighted by molar-refractivity contribution is 0.206. The van der Waals surface area contributed by atoms with Crippen LogP contribution in [-0.2, 0) is 6.42 Å². The predicted octanol–water partition coefficient (Wildman–Crippen LogP) is 3.46. The summed E-state index contributed by atoms with van der Waals surface area (Å²) in [6, 6.07) is 14.5. The van der Waals surface area contributed by atoms with Crippen LogP contribution in [0.25, 0.3) is 0 Å². The zero-order valence-corrected chi connectivity index (χ0v) is 14.2. The number of rotatable bonds is 5. The van der Waals surface area contributed by atoms with E-state index in [1.807, 2.05) is 35.4 Å². The van der Waals surface area contributed by atoms with Gasteiger partial charge < -0.3 is 10.2 Å². The average Bonchev–Trinajstić information content (AvgIpc) is 3.09. The van der Waals surface area contributed by atoms with Crippen LogP contribution in [0.5, 0.6) is 0 Å². The third-order valence-electron chi connectivity index (χ3n) is 4.75. The lowest BCUT2D eigenvalue weighted by atomic mass is 10.0. The molecule has 0 bridgehead atoms. The fraction of sp³-hybridized carbons (Fsp3) is 0.400. The Labute approximate surface area is 143 Å². The Kier molecular flexibility index (Phi) is 5.47. The highest BCUT2D eigenvalue weighted by Gasteiger charge is 2.26. The predicted molar refractivity (Wildman–Crippen MR) is 95.9 cm³/mol. The van der Waals surface area contributed by atoms with Gasteiger partial charge in [0.1, 0.15) is 0 Å². The lowest BCUT2D eigenvalue weighted by Gasteiger charge is -2.19. The molecule has 2 amide bonds. The molecule has 0 spiro atoms. The van der Waals surface area contributed by atoms with Crippen molar-refractivity contribution in [3.8, 4) is 0 Å². The summed E-state index contributed by atoms with van der Waals surface area (Å²) in [5, 5.41) is 3.08. The van der Waals surface area contributed by atoms with Crippen LogP contribution in [0.2, 0.25) is 0 Å². The summed E-state index contributed by atoms with van der Waals surface area (Å²) in [6.45, 7) is 4.49. The number of nitrogens with zero attached hydrogens (tertiary/aromatic N) is 2. The molecule has 1 unspecified atom stereocenters. The molecule has 0 saturated carbocycles. The standard InChI is InChI=1S/C20H25N3O/c1-16(19-7-3-2-4-8-19)13-22-20(24)23-11-9-18(15-23)12-17-6-5-10-21-14-17/h2-8,10,14,16,18H,9,11-13,15H2,1H3,(H,22,24)/t16-,18?/m1/s1. The van der Waals surface area contributed by atoms with E-state index in [4.69, 9.17) is 0 Å². The fourth-order valence-corrected chi connectivity index (χ4v) is 3.29. The van der Waals surface area contributed by atoms with Crippen molar-refractivity contribution < 1.29 is 4.79 Å². The number of urea groups is 1. The van der Waals surface area contributed by atoms with Gasteiger partial charge >= 0.3 is 6.03 Å². The molecule has 24 heavy (non-hydrogen) atoms. The van der Waals surface area contributed by atoms with Crippen LogP contribution >= 0.6 is 0 Å². The van der Waals surface area contributed by atoms with E-state index in [-0.39, 0.29) is 6.03 Å². The van der Waals surface area contributed by atoms with E-state index in [9.17, 15) is 4.79 Å². The Hall–Kier alpha value is -2.36. The maximum Gasteiger partial charge on any atom is 0.317 e. The number of nitrogens with one attached hydrogen (secondary N) is 1. The second kappa shape index (κ2) is 7.95. The minimum atomic E-state index is 0.0615. The number of benzene rings is 1. The van der Waals surface area contributed by atoms with Gasteiger partial charge in [-0.2, -0.15) is 0 Å². The number of carbonyl (C=O) groups excluding carboxylic acids is 1. The molecule has 2 aromatic rings. The van der Waals surface area contributed by atoms with E-state index in [0.29, 0.717) is 18.4 Å². The Bertz CT molecular complexity index is 644. The summed E-state index contributed by atoms with van der Waals surface area (Å²) in [7, 11) is 0. The maximum atomic E-state index is 12.4. The highest BCUT2D eigenvalue weighted by Crippen LogP contribution is 2.21. The van der Waals surface area contributed by atoms with Crippen molar-refractivity contribution in [2.75, 3.05) is 19.6 Å². The quantitative estimate of drug-likeness (QED) is 0.916. The summed E-state index contributed by atoms with van der Waals surface area (Å²) in [5.74, 6) is 0.857. The third-order valence-corrected chi connectivity index (χ3v) is 4.75. The highest BCUT2D eigenvalue weighted by atomic mass is 16.2. The van der Waals surface area contributed by atoms with Crippen LogP contribution in [0.1, 0.15) is 30.4 Å². The van der Waals surface area contributed by atoms with Crippen molar-refractivity contribution in [1.82, 2.24) is 15.2 Å². The molecule has 1 fully saturated rings. The minimum absolute atomic E-state index is 0.0615. The first-order valence-corrected chi connectivity index (χ1v) is 8.69. The number of hydrogen-bond acceptors (Lipinski definition) is 2. The van der Waals surface area contributed by atoms with E-state index >= 15 is 0 Å². The molecule has 2 heterocycles. The SMILES string of the molecule is C[C@H](CNC(=O)N1CCC(Cc2cccnc2)C1)c1ccccc1. The van der Waals surface area contributed by atoms with E-state index in [1.54, 1.807) is 6.20 Å². The molecule has 126 valence electrons. The maximum absolute atomic E-state index is 12.4. The van der Waals surface area contributed by atoms with Gasteiger partial charge in [-0.25, -0.2) is 4.79 Å². The normalized spacial score (nSPS) is 18.4. The molecule has 1 aromatic carbocycles. The smallest absolute Gasteiger partial charge is 0.317 e. The van der Waals surface area contributed by atoms with Crippen LogP contribution in [0.4, 0.5) is 4.79 Å². The largest absolute Gasteiger partial charge is 0.337 e. The first-order chi connectivity index (χ1) is 11.7. The van der Waals surface area contributed by atoms with Crippen LogP contribution in [0, 0.1) is 5.92 Å². The first-order valence-electron chi connectivity index (χ1n) is 8.69. The molecule has 1 aliphatic heterocycles. The molecule has 0 radical (unpaired) electrons. The first kappa shape index (κ1) is 16.5. The van der Waals surface area contributed by atoms with Crippen molar-refractivity contribution in [1.29, 1.82) is 0 Å². The van der Waals surface area contributed by atoms with E-state index in [2.05, 4.69) is 35.4 Å². The highest BCUT2D eigenvalue weighted by molar-refractivity contribution is 5.74. The molecule has 1 saturated heterocycles. The molecule has 0 aliphatic carbocycles. The zero-order valence-electron chi connectivity index (χ0n) is 14.2. The number of hydrogen-bond donors (Lipinski definition) is 1. The van der Waals surface area contributed by atoms with Crippen molar-refractivity contribution in [2.45, 2.75) is 25.7 Å². The van der Waals surface area contributed by atoms with Gasteiger partial charge in [-0.15, -0.1) is 0 Å². The van der Waals surface area contributed by atoms with E-state index in [0.717, 1.165) is 25.9 Å². The molecule has 1 N–H and O–H groups in total. The summed E-state index contributed by atoms with van der Waals surface area (Å²) in [5.41, 5.74) is 2.51. The van der Waals surface area contributed by atoms with E-state index < -0.39 is 0 Å². The van der Waals surface area contributed by atoms with Gasteiger partial charge in [0.25, 0.3) is 0 Å². The summed E-state index contributed by atoms with van der Waals surface area (Å²) in [4.78, 5) is 18.5. The topological polar surface area (TPSA) is 45.2 Å². The molecular formula is C20H25N3O. The molecule has 4 nitrogen and oxygen atoms in total. The molecule has 1 aliphatic rings. The van der Waals surface area contributed by atoms with E-state index in [1.165, 1.54) is 11.1 Å². The van der Waals surface area contributed by atoms with Crippen LogP contribution in [0.3, 0.4) is 0 Å². The Morgan fingerprint density at radius 1 is 1.29 bits per heavy atom. The second-order valence-electron chi connectivity index (χ2n) is 6.66.